The van der Waals surface area contributed by atoms with Crippen molar-refractivity contribution in [2.24, 2.45) is 0 Å². The third-order valence-electron chi connectivity index (χ3n) is 4.33. The predicted octanol–water partition coefficient (Wildman–Crippen LogP) is 3.14. The summed E-state index contributed by atoms with van der Waals surface area (Å²) in [7, 11) is 0. The van der Waals surface area contributed by atoms with Crippen LogP contribution in [0.1, 0.15) is 48.8 Å². The zero-order valence-electron chi connectivity index (χ0n) is 14.1. The Hall–Kier alpha value is -2.70. The van der Waals surface area contributed by atoms with E-state index in [1.165, 1.54) is 0 Å². The molecule has 0 aliphatic rings. The molecule has 0 unspecified atom stereocenters. The molecule has 2 heterocycles. The summed E-state index contributed by atoms with van der Waals surface area (Å²) in [5.74, 6) is 1.16. The van der Waals surface area contributed by atoms with Gasteiger partial charge in [-0.2, -0.15) is 0 Å². The molecule has 0 radical (unpaired) electrons. The van der Waals surface area contributed by atoms with Crippen molar-refractivity contribution in [3.8, 4) is 0 Å². The van der Waals surface area contributed by atoms with Gasteiger partial charge in [-0.15, -0.1) is 0 Å². The molecule has 0 saturated heterocycles. The number of aromatic amines is 2. The first-order valence-electron chi connectivity index (χ1n) is 8.33. The van der Waals surface area contributed by atoms with Crippen LogP contribution in [0.5, 0.6) is 0 Å². The lowest BCUT2D eigenvalue weighted by molar-refractivity contribution is 0.190. The van der Waals surface area contributed by atoms with E-state index < -0.39 is 12.2 Å². The number of hydrogen-bond donors (Lipinski definition) is 4. The number of aliphatic hydroxyl groups excluding tert-OH is 2. The maximum absolute atomic E-state index is 9.65. The number of aliphatic hydroxyl groups is 2. The molecule has 4 N–H and O–H groups in total. The van der Waals surface area contributed by atoms with Crippen molar-refractivity contribution in [2.45, 2.75) is 32.5 Å². The topological polar surface area (TPSA) is 97.8 Å². The van der Waals surface area contributed by atoms with Crippen molar-refractivity contribution >= 4 is 22.1 Å². The van der Waals surface area contributed by atoms with Gasteiger partial charge in [0.25, 0.3) is 0 Å². The third-order valence-corrected chi connectivity index (χ3v) is 4.33. The van der Waals surface area contributed by atoms with Gasteiger partial charge in [0.15, 0.2) is 0 Å². The van der Waals surface area contributed by atoms with Crippen LogP contribution in [0, 0.1) is 0 Å². The highest BCUT2D eigenvalue weighted by atomic mass is 16.3. The van der Waals surface area contributed by atoms with Crippen molar-refractivity contribution in [3.63, 3.8) is 0 Å². The fourth-order valence-corrected chi connectivity index (χ4v) is 3.00. The van der Waals surface area contributed by atoms with Crippen LogP contribution in [0.15, 0.2) is 36.4 Å². The van der Waals surface area contributed by atoms with Crippen LogP contribution in [-0.2, 0) is 6.42 Å². The first kappa shape index (κ1) is 15.8. The number of aromatic nitrogens is 4. The smallest absolute Gasteiger partial charge is 0.135 e. The summed E-state index contributed by atoms with van der Waals surface area (Å²) in [6, 6.07) is 12.2. The van der Waals surface area contributed by atoms with E-state index in [4.69, 9.17) is 0 Å². The number of H-pyrrole nitrogens is 2. The van der Waals surface area contributed by atoms with Crippen LogP contribution in [0.25, 0.3) is 22.1 Å². The fourth-order valence-electron chi connectivity index (χ4n) is 3.00. The van der Waals surface area contributed by atoms with E-state index in [9.17, 15) is 10.2 Å². The summed E-state index contributed by atoms with van der Waals surface area (Å²) < 4.78 is 0. The summed E-state index contributed by atoms with van der Waals surface area (Å²) >= 11 is 0. The van der Waals surface area contributed by atoms with Gasteiger partial charge in [-0.1, -0.05) is 12.1 Å². The predicted molar refractivity (Wildman–Crippen MR) is 96.3 cm³/mol. The van der Waals surface area contributed by atoms with E-state index in [1.807, 2.05) is 24.3 Å². The molecule has 0 fully saturated rings. The van der Waals surface area contributed by atoms with Gasteiger partial charge in [0, 0.05) is 0 Å². The van der Waals surface area contributed by atoms with Gasteiger partial charge in [-0.3, -0.25) is 0 Å². The van der Waals surface area contributed by atoms with Crippen molar-refractivity contribution in [1.82, 2.24) is 19.9 Å². The standard InChI is InChI=1S/C19H20N4O2/c1-10(24)18-20-14-5-3-12(8-16(14)22-18)7-13-4-6-15-17(9-13)23-19(21-15)11(2)25/h3-6,8-11,24-25H,7H2,1-2H3,(H,20,22)(H,21,23)/t10-,11-/m1/s1. The Kier molecular flexibility index (Phi) is 3.78. The summed E-state index contributed by atoms with van der Waals surface area (Å²) in [5.41, 5.74) is 5.86. The molecule has 4 rings (SSSR count). The third kappa shape index (κ3) is 3.01. The lowest BCUT2D eigenvalue weighted by Crippen LogP contribution is -1.92. The first-order chi connectivity index (χ1) is 12.0. The van der Waals surface area contributed by atoms with Crippen LogP contribution in [0.4, 0.5) is 0 Å². The Balaban J connectivity index is 1.64. The summed E-state index contributed by atoms with van der Waals surface area (Å²) in [6.45, 7) is 3.39. The molecule has 2 atom stereocenters. The Morgan fingerprint density at radius 2 is 1.24 bits per heavy atom. The zero-order valence-corrected chi connectivity index (χ0v) is 14.1. The lowest BCUT2D eigenvalue weighted by atomic mass is 10.0. The average Bonchev–Trinajstić information content (AvgIpc) is 3.17. The number of hydrogen-bond acceptors (Lipinski definition) is 4. The molecule has 0 saturated carbocycles. The highest BCUT2D eigenvalue weighted by Gasteiger charge is 2.10. The van der Waals surface area contributed by atoms with Crippen LogP contribution in [0.2, 0.25) is 0 Å². The van der Waals surface area contributed by atoms with Gasteiger partial charge in [0.1, 0.15) is 23.9 Å². The Bertz CT molecular complexity index is 962. The molecule has 0 spiro atoms. The van der Waals surface area contributed by atoms with Gasteiger partial charge < -0.3 is 20.2 Å². The van der Waals surface area contributed by atoms with Gasteiger partial charge in [-0.05, 0) is 55.7 Å². The average molecular weight is 336 g/mol. The minimum Gasteiger partial charge on any atom is -0.385 e. The van der Waals surface area contributed by atoms with Gasteiger partial charge in [0.05, 0.1) is 22.1 Å². The Morgan fingerprint density at radius 1 is 0.800 bits per heavy atom. The zero-order chi connectivity index (χ0) is 17.6. The molecule has 0 aliphatic heterocycles. The monoisotopic (exact) mass is 336 g/mol. The highest BCUT2D eigenvalue weighted by molar-refractivity contribution is 5.77. The second-order valence-corrected chi connectivity index (χ2v) is 6.48. The van der Waals surface area contributed by atoms with Crippen LogP contribution < -0.4 is 0 Å². The highest BCUT2D eigenvalue weighted by Crippen LogP contribution is 2.22. The number of nitrogens with zero attached hydrogens (tertiary/aromatic N) is 2. The van der Waals surface area contributed by atoms with E-state index in [1.54, 1.807) is 13.8 Å². The number of nitrogens with one attached hydrogen (secondary N) is 2. The maximum atomic E-state index is 9.65. The van der Waals surface area contributed by atoms with Crippen molar-refractivity contribution < 1.29 is 10.2 Å². The maximum Gasteiger partial charge on any atom is 0.135 e. The van der Waals surface area contributed by atoms with E-state index in [0.29, 0.717) is 11.6 Å². The number of rotatable bonds is 4. The molecule has 0 bridgehead atoms. The molecule has 6 nitrogen and oxygen atoms in total. The molecule has 2 aromatic heterocycles. The SMILES string of the molecule is C[C@@H](O)c1nc2ccc(Cc3ccc4nc([C@@H](C)O)[nH]c4c3)cc2[nH]1. The van der Waals surface area contributed by atoms with E-state index >= 15 is 0 Å². The summed E-state index contributed by atoms with van der Waals surface area (Å²) in [6.07, 6.45) is -0.443. The normalized spacial score (nSPS) is 14.2. The second kappa shape index (κ2) is 5.98. The fraction of sp³-hybridized carbons (Fsp3) is 0.263. The van der Waals surface area contributed by atoms with Gasteiger partial charge in [0.2, 0.25) is 0 Å². The lowest BCUT2D eigenvalue weighted by Gasteiger charge is -2.02. The molecule has 6 heteroatoms. The van der Waals surface area contributed by atoms with E-state index in [0.717, 1.165) is 39.6 Å². The van der Waals surface area contributed by atoms with Crippen molar-refractivity contribution in [2.75, 3.05) is 0 Å². The molecule has 2 aromatic carbocycles. The van der Waals surface area contributed by atoms with E-state index in [-0.39, 0.29) is 0 Å². The number of fused-ring (bicyclic) bond motifs is 2. The quantitative estimate of drug-likeness (QED) is 0.460. The molecular weight excluding hydrogens is 316 g/mol. The van der Waals surface area contributed by atoms with Crippen LogP contribution in [0.3, 0.4) is 0 Å². The summed E-state index contributed by atoms with van der Waals surface area (Å²) in [4.78, 5) is 15.1. The van der Waals surface area contributed by atoms with Crippen LogP contribution >= 0.6 is 0 Å². The van der Waals surface area contributed by atoms with Crippen LogP contribution in [-0.4, -0.2) is 30.1 Å². The molecular formula is C19H20N4O2. The Labute approximate surface area is 144 Å². The molecule has 4 aromatic rings. The Morgan fingerprint density at radius 3 is 1.64 bits per heavy atom. The van der Waals surface area contributed by atoms with Crippen molar-refractivity contribution in [3.05, 3.63) is 59.2 Å². The molecule has 0 amide bonds. The minimum atomic E-state index is -0.609. The van der Waals surface area contributed by atoms with Gasteiger partial charge in [-0.25, -0.2) is 9.97 Å². The largest absolute Gasteiger partial charge is 0.385 e. The molecule has 128 valence electrons. The first-order valence-corrected chi connectivity index (χ1v) is 8.33. The minimum absolute atomic E-state index is 0.580. The van der Waals surface area contributed by atoms with Crippen molar-refractivity contribution in [1.29, 1.82) is 0 Å². The van der Waals surface area contributed by atoms with Gasteiger partial charge >= 0.3 is 0 Å². The van der Waals surface area contributed by atoms with E-state index in [2.05, 4.69) is 32.1 Å². The molecule has 25 heavy (non-hydrogen) atoms. The summed E-state index contributed by atoms with van der Waals surface area (Å²) in [5, 5.41) is 19.3. The molecule has 0 aliphatic carbocycles. The number of imidazole rings is 2. The number of benzene rings is 2. The second-order valence-electron chi connectivity index (χ2n) is 6.48.